The quantitative estimate of drug-likeness (QED) is 0.462. The molecule has 146 valence electrons. The van der Waals surface area contributed by atoms with Gasteiger partial charge in [-0.25, -0.2) is 4.79 Å². The van der Waals surface area contributed by atoms with Crippen molar-refractivity contribution in [2.24, 2.45) is 7.05 Å². The van der Waals surface area contributed by atoms with Gasteiger partial charge in [-0.2, -0.15) is 4.98 Å². The standard InChI is InChI=1S/C20H20N2O5S/c1-22-17(21-18(27-20(25)26)15(23)19(22)24)16-14(11-12-28-16)10-6-5-9-13-7-3-2-4-8-13/h2-4,7-8,11-12,23H,5-6,9-10H2,1H3,(H,25,26). The Labute approximate surface area is 165 Å². The Morgan fingerprint density at radius 1 is 1.18 bits per heavy atom. The highest BCUT2D eigenvalue weighted by Gasteiger charge is 2.20. The van der Waals surface area contributed by atoms with Crippen LogP contribution in [-0.2, 0) is 19.9 Å². The van der Waals surface area contributed by atoms with Crippen molar-refractivity contribution in [1.29, 1.82) is 0 Å². The fraction of sp³-hybridized carbons (Fsp3) is 0.250. The van der Waals surface area contributed by atoms with Crippen LogP contribution in [-0.4, -0.2) is 25.9 Å². The zero-order chi connectivity index (χ0) is 20.1. The van der Waals surface area contributed by atoms with E-state index in [0.717, 1.165) is 36.1 Å². The van der Waals surface area contributed by atoms with Crippen LogP contribution >= 0.6 is 11.3 Å². The van der Waals surface area contributed by atoms with Crippen LogP contribution in [0, 0.1) is 0 Å². The number of rotatable bonds is 7. The van der Waals surface area contributed by atoms with Crippen LogP contribution in [0.4, 0.5) is 4.79 Å². The van der Waals surface area contributed by atoms with Gasteiger partial charge in [0.1, 0.15) is 0 Å². The number of unbranched alkanes of at least 4 members (excludes halogenated alkanes) is 1. The Morgan fingerprint density at radius 3 is 2.61 bits per heavy atom. The number of aryl methyl sites for hydroxylation is 2. The lowest BCUT2D eigenvalue weighted by molar-refractivity contribution is 0.140. The normalized spacial score (nSPS) is 10.8. The largest absolute Gasteiger partial charge is 0.512 e. The van der Waals surface area contributed by atoms with Crippen molar-refractivity contribution in [2.75, 3.05) is 0 Å². The summed E-state index contributed by atoms with van der Waals surface area (Å²) < 4.78 is 5.65. The number of ether oxygens (including phenoxy) is 1. The Morgan fingerprint density at radius 2 is 1.89 bits per heavy atom. The average Bonchev–Trinajstić information content (AvgIpc) is 3.14. The molecule has 0 saturated heterocycles. The number of carboxylic acid groups (broad SMARTS) is 1. The third-order valence-corrected chi connectivity index (χ3v) is 5.33. The molecule has 7 nitrogen and oxygen atoms in total. The third-order valence-electron chi connectivity index (χ3n) is 4.37. The molecule has 0 aliphatic carbocycles. The van der Waals surface area contributed by atoms with E-state index >= 15 is 0 Å². The van der Waals surface area contributed by atoms with Crippen LogP contribution < -0.4 is 10.3 Å². The van der Waals surface area contributed by atoms with Crippen molar-refractivity contribution >= 4 is 17.5 Å². The number of aromatic hydroxyl groups is 1. The zero-order valence-electron chi connectivity index (χ0n) is 15.3. The first-order chi connectivity index (χ1) is 13.5. The number of thiophene rings is 1. The first-order valence-corrected chi connectivity index (χ1v) is 9.66. The maximum Gasteiger partial charge on any atom is 0.512 e. The Kier molecular flexibility index (Phi) is 6.10. The van der Waals surface area contributed by atoms with E-state index < -0.39 is 23.3 Å². The predicted octanol–water partition coefficient (Wildman–Crippen LogP) is 3.84. The molecule has 0 aliphatic rings. The maximum atomic E-state index is 12.2. The fourth-order valence-electron chi connectivity index (χ4n) is 2.95. The summed E-state index contributed by atoms with van der Waals surface area (Å²) in [6.45, 7) is 0. The molecule has 1 aromatic carbocycles. The summed E-state index contributed by atoms with van der Waals surface area (Å²) >= 11 is 1.41. The average molecular weight is 400 g/mol. The van der Waals surface area contributed by atoms with Crippen molar-refractivity contribution in [2.45, 2.75) is 25.7 Å². The first kappa shape index (κ1) is 19.6. The molecular formula is C20H20N2O5S. The predicted molar refractivity (Wildman–Crippen MR) is 106 cm³/mol. The smallest absolute Gasteiger partial charge is 0.499 e. The lowest BCUT2D eigenvalue weighted by Crippen LogP contribution is -2.21. The number of hydrogen-bond acceptors (Lipinski definition) is 6. The van der Waals surface area contributed by atoms with Crippen LogP contribution in [0.15, 0.2) is 46.6 Å². The molecule has 0 unspecified atom stereocenters. The van der Waals surface area contributed by atoms with Gasteiger partial charge in [-0.1, -0.05) is 30.3 Å². The molecule has 0 saturated carbocycles. The summed E-state index contributed by atoms with van der Waals surface area (Å²) in [5, 5.41) is 20.5. The number of carbonyl (C=O) groups is 1. The number of aromatic nitrogens is 2. The molecule has 8 heteroatoms. The van der Waals surface area contributed by atoms with E-state index in [2.05, 4.69) is 21.9 Å². The van der Waals surface area contributed by atoms with Crippen molar-refractivity contribution in [3.8, 4) is 22.3 Å². The van der Waals surface area contributed by atoms with Crippen LogP contribution in [0.25, 0.3) is 10.7 Å². The Hall–Kier alpha value is -3.13. The lowest BCUT2D eigenvalue weighted by Gasteiger charge is -2.11. The van der Waals surface area contributed by atoms with Crippen LogP contribution in [0.2, 0.25) is 0 Å². The summed E-state index contributed by atoms with van der Waals surface area (Å²) in [6, 6.07) is 12.2. The highest BCUT2D eigenvalue weighted by Crippen LogP contribution is 2.31. The second-order valence-electron chi connectivity index (χ2n) is 6.29. The molecule has 3 aromatic rings. The van der Waals surface area contributed by atoms with E-state index in [0.29, 0.717) is 0 Å². The molecule has 0 bridgehead atoms. The molecule has 0 atom stereocenters. The topological polar surface area (TPSA) is 102 Å². The van der Waals surface area contributed by atoms with Crippen molar-refractivity contribution in [3.63, 3.8) is 0 Å². The van der Waals surface area contributed by atoms with Crippen LogP contribution in [0.5, 0.6) is 11.6 Å². The Balaban J connectivity index is 1.78. The number of hydrogen-bond donors (Lipinski definition) is 2. The molecule has 0 fully saturated rings. The Bertz CT molecular complexity index is 1030. The molecule has 28 heavy (non-hydrogen) atoms. The van der Waals surface area contributed by atoms with Crippen molar-refractivity contribution in [3.05, 3.63) is 63.3 Å². The van der Waals surface area contributed by atoms with Crippen molar-refractivity contribution in [1.82, 2.24) is 9.55 Å². The summed E-state index contributed by atoms with van der Waals surface area (Å²) in [5.41, 5.74) is 1.56. The monoisotopic (exact) mass is 400 g/mol. The van der Waals surface area contributed by atoms with Gasteiger partial charge in [0.05, 0.1) is 4.88 Å². The molecule has 0 spiro atoms. The van der Waals surface area contributed by atoms with Crippen LogP contribution in [0.1, 0.15) is 24.0 Å². The second-order valence-corrected chi connectivity index (χ2v) is 7.21. The van der Waals surface area contributed by atoms with Crippen molar-refractivity contribution < 1.29 is 19.7 Å². The molecule has 0 amide bonds. The second kappa shape index (κ2) is 8.71. The minimum atomic E-state index is -1.64. The molecule has 2 heterocycles. The summed E-state index contributed by atoms with van der Waals surface area (Å²) in [6.07, 6.45) is 2.14. The maximum absolute atomic E-state index is 12.2. The summed E-state index contributed by atoms with van der Waals surface area (Å²) in [4.78, 5) is 27.8. The third kappa shape index (κ3) is 4.40. The number of benzene rings is 1. The fourth-order valence-corrected chi connectivity index (χ4v) is 3.92. The van der Waals surface area contributed by atoms with E-state index in [1.165, 1.54) is 28.5 Å². The summed E-state index contributed by atoms with van der Waals surface area (Å²) in [5.74, 6) is -1.16. The van der Waals surface area contributed by atoms with Gasteiger partial charge in [-0.05, 0) is 48.3 Å². The molecule has 2 N–H and O–H groups in total. The highest BCUT2D eigenvalue weighted by molar-refractivity contribution is 7.13. The first-order valence-electron chi connectivity index (χ1n) is 8.78. The van der Waals surface area contributed by atoms with E-state index in [-0.39, 0.29) is 5.82 Å². The van der Waals surface area contributed by atoms with Gasteiger partial charge in [0, 0.05) is 7.05 Å². The van der Waals surface area contributed by atoms with E-state index in [1.807, 2.05) is 29.6 Å². The number of nitrogens with zero attached hydrogens (tertiary/aromatic N) is 2. The lowest BCUT2D eigenvalue weighted by atomic mass is 10.0. The molecule has 3 rings (SSSR count). The SMILES string of the molecule is Cn1c(-c2sccc2CCCCc2ccccc2)nc(OC(=O)O)c(O)c1=O. The van der Waals surface area contributed by atoms with Crippen LogP contribution in [0.3, 0.4) is 0 Å². The highest BCUT2D eigenvalue weighted by atomic mass is 32.1. The minimum absolute atomic E-state index is 0.270. The van der Waals surface area contributed by atoms with E-state index in [9.17, 15) is 14.7 Å². The van der Waals surface area contributed by atoms with Gasteiger partial charge in [0.2, 0.25) is 5.75 Å². The molecule has 0 radical (unpaired) electrons. The van der Waals surface area contributed by atoms with Gasteiger partial charge in [0.15, 0.2) is 5.82 Å². The molecule has 2 aromatic heterocycles. The van der Waals surface area contributed by atoms with Gasteiger partial charge in [-0.3, -0.25) is 9.36 Å². The molecule has 0 aliphatic heterocycles. The van der Waals surface area contributed by atoms with E-state index in [4.69, 9.17) is 5.11 Å². The zero-order valence-corrected chi connectivity index (χ0v) is 16.1. The van der Waals surface area contributed by atoms with Gasteiger partial charge >= 0.3 is 6.16 Å². The minimum Gasteiger partial charge on any atom is -0.499 e. The molecular weight excluding hydrogens is 380 g/mol. The summed E-state index contributed by atoms with van der Waals surface area (Å²) in [7, 11) is 1.48. The van der Waals surface area contributed by atoms with E-state index in [1.54, 1.807) is 0 Å². The van der Waals surface area contributed by atoms with Gasteiger partial charge in [-0.15, -0.1) is 11.3 Å². The van der Waals surface area contributed by atoms with Gasteiger partial charge in [0.25, 0.3) is 11.4 Å². The van der Waals surface area contributed by atoms with Gasteiger partial charge < -0.3 is 14.9 Å².